The third kappa shape index (κ3) is 5.31. The lowest BCUT2D eigenvalue weighted by molar-refractivity contribution is 0.0657. The molecule has 0 spiro atoms. The van der Waals surface area contributed by atoms with Gasteiger partial charge in [0.25, 0.3) is 11.8 Å². The van der Waals surface area contributed by atoms with Gasteiger partial charge in [-0.3, -0.25) is 14.6 Å². The van der Waals surface area contributed by atoms with Gasteiger partial charge in [0, 0.05) is 51.9 Å². The minimum absolute atomic E-state index is 0.0937. The standard InChI is InChI=1S/C21H27N5O4/c1-22-21(24-10-9-23-19(27)16-5-7-17(29-2)8-6-16)26-13-11-25(12-14-26)20(28)18-4-3-15-30-18/h3-8,15H,9-14H2,1-2H3,(H,22,24)(H,23,27). The molecule has 0 saturated carbocycles. The Kier molecular flexibility index (Phi) is 7.31. The number of ether oxygens (including phenoxy) is 1. The van der Waals surface area contributed by atoms with Crippen molar-refractivity contribution in [3.8, 4) is 5.75 Å². The van der Waals surface area contributed by atoms with Crippen LogP contribution in [0.5, 0.6) is 5.75 Å². The van der Waals surface area contributed by atoms with E-state index in [4.69, 9.17) is 9.15 Å². The van der Waals surface area contributed by atoms with Crippen LogP contribution in [0.3, 0.4) is 0 Å². The van der Waals surface area contributed by atoms with Crippen LogP contribution in [0.25, 0.3) is 0 Å². The van der Waals surface area contributed by atoms with Crippen LogP contribution < -0.4 is 15.4 Å². The SMILES string of the molecule is CN=C(NCCNC(=O)c1ccc(OC)cc1)N1CCN(C(=O)c2ccco2)CC1. The first-order valence-corrected chi connectivity index (χ1v) is 9.83. The molecule has 0 unspecified atom stereocenters. The van der Waals surface area contributed by atoms with Gasteiger partial charge in [0.15, 0.2) is 11.7 Å². The van der Waals surface area contributed by atoms with Gasteiger partial charge in [-0.1, -0.05) is 0 Å². The second kappa shape index (κ2) is 10.3. The molecule has 9 heteroatoms. The molecule has 0 aliphatic carbocycles. The Bertz CT molecular complexity index is 856. The molecule has 1 saturated heterocycles. The lowest BCUT2D eigenvalue weighted by Gasteiger charge is -2.36. The Balaban J connectivity index is 1.39. The van der Waals surface area contributed by atoms with Gasteiger partial charge in [0.05, 0.1) is 13.4 Å². The summed E-state index contributed by atoms with van der Waals surface area (Å²) in [6.07, 6.45) is 1.50. The zero-order chi connectivity index (χ0) is 21.3. The highest BCUT2D eigenvalue weighted by molar-refractivity contribution is 5.94. The van der Waals surface area contributed by atoms with Gasteiger partial charge >= 0.3 is 0 Å². The molecule has 2 amide bonds. The molecule has 2 aromatic rings. The lowest BCUT2D eigenvalue weighted by atomic mass is 10.2. The Hall–Kier alpha value is -3.49. The summed E-state index contributed by atoms with van der Waals surface area (Å²) in [6.45, 7) is 3.53. The number of hydrogen-bond donors (Lipinski definition) is 2. The number of amides is 2. The zero-order valence-corrected chi connectivity index (χ0v) is 17.3. The van der Waals surface area contributed by atoms with Crippen molar-refractivity contribution in [2.75, 3.05) is 53.4 Å². The van der Waals surface area contributed by atoms with Crippen LogP contribution in [0.15, 0.2) is 52.1 Å². The minimum Gasteiger partial charge on any atom is -0.497 e. The first-order valence-electron chi connectivity index (χ1n) is 9.83. The number of guanidine groups is 1. The zero-order valence-electron chi connectivity index (χ0n) is 17.3. The van der Waals surface area contributed by atoms with Crippen molar-refractivity contribution >= 4 is 17.8 Å². The van der Waals surface area contributed by atoms with E-state index in [0.717, 1.165) is 5.96 Å². The van der Waals surface area contributed by atoms with E-state index in [1.807, 2.05) is 0 Å². The predicted octanol–water partition coefficient (Wildman–Crippen LogP) is 1.05. The summed E-state index contributed by atoms with van der Waals surface area (Å²) >= 11 is 0. The van der Waals surface area contributed by atoms with E-state index in [1.54, 1.807) is 55.5 Å². The first kappa shape index (κ1) is 21.2. The second-order valence-electron chi connectivity index (χ2n) is 6.71. The normalized spacial score (nSPS) is 14.4. The number of hydrogen-bond acceptors (Lipinski definition) is 5. The maximum atomic E-state index is 12.4. The third-order valence-corrected chi connectivity index (χ3v) is 4.86. The quantitative estimate of drug-likeness (QED) is 0.417. The van der Waals surface area contributed by atoms with E-state index < -0.39 is 0 Å². The van der Waals surface area contributed by atoms with E-state index in [9.17, 15) is 9.59 Å². The average molecular weight is 413 g/mol. The molecule has 1 fully saturated rings. The number of benzene rings is 1. The first-order chi connectivity index (χ1) is 14.6. The largest absolute Gasteiger partial charge is 0.497 e. The topological polar surface area (TPSA) is 99.4 Å². The van der Waals surface area contributed by atoms with E-state index in [1.165, 1.54) is 6.26 Å². The monoisotopic (exact) mass is 413 g/mol. The van der Waals surface area contributed by atoms with Crippen molar-refractivity contribution in [2.45, 2.75) is 0 Å². The molecule has 1 aliphatic rings. The molecule has 1 aromatic carbocycles. The summed E-state index contributed by atoms with van der Waals surface area (Å²) in [4.78, 5) is 32.7. The van der Waals surface area contributed by atoms with Crippen molar-refractivity contribution in [2.24, 2.45) is 4.99 Å². The third-order valence-electron chi connectivity index (χ3n) is 4.86. The molecular weight excluding hydrogens is 386 g/mol. The molecule has 0 radical (unpaired) electrons. The number of piperazine rings is 1. The highest BCUT2D eigenvalue weighted by atomic mass is 16.5. The van der Waals surface area contributed by atoms with Crippen LogP contribution in [0, 0.1) is 0 Å². The molecular formula is C21H27N5O4. The summed E-state index contributed by atoms with van der Waals surface area (Å²) < 4.78 is 10.3. The van der Waals surface area contributed by atoms with Gasteiger partial charge in [0.2, 0.25) is 0 Å². The van der Waals surface area contributed by atoms with E-state index in [0.29, 0.717) is 56.3 Å². The van der Waals surface area contributed by atoms with Crippen molar-refractivity contribution in [1.82, 2.24) is 20.4 Å². The summed E-state index contributed by atoms with van der Waals surface area (Å²) in [5.41, 5.74) is 0.581. The number of nitrogens with one attached hydrogen (secondary N) is 2. The highest BCUT2D eigenvalue weighted by Crippen LogP contribution is 2.11. The molecule has 2 heterocycles. The summed E-state index contributed by atoms with van der Waals surface area (Å²) in [5, 5.41) is 6.13. The van der Waals surface area contributed by atoms with Crippen LogP contribution in [0.4, 0.5) is 0 Å². The van der Waals surface area contributed by atoms with Crippen LogP contribution >= 0.6 is 0 Å². The van der Waals surface area contributed by atoms with Crippen LogP contribution in [-0.2, 0) is 0 Å². The smallest absolute Gasteiger partial charge is 0.289 e. The van der Waals surface area contributed by atoms with Crippen LogP contribution in [-0.4, -0.2) is 81.0 Å². The molecule has 2 N–H and O–H groups in total. The van der Waals surface area contributed by atoms with Gasteiger partial charge < -0.3 is 29.6 Å². The summed E-state index contributed by atoms with van der Waals surface area (Å²) in [5.74, 6) is 1.59. The molecule has 1 aliphatic heterocycles. The molecule has 9 nitrogen and oxygen atoms in total. The Labute approximate surface area is 175 Å². The molecule has 3 rings (SSSR count). The minimum atomic E-state index is -0.139. The maximum absolute atomic E-state index is 12.4. The number of methoxy groups -OCH3 is 1. The average Bonchev–Trinajstić information content (AvgIpc) is 3.34. The predicted molar refractivity (Wildman–Crippen MR) is 113 cm³/mol. The Morgan fingerprint density at radius 1 is 1.03 bits per heavy atom. The second-order valence-corrected chi connectivity index (χ2v) is 6.71. The van der Waals surface area contributed by atoms with Crippen molar-refractivity contribution in [1.29, 1.82) is 0 Å². The molecule has 0 atom stereocenters. The van der Waals surface area contributed by atoms with Gasteiger partial charge in [-0.05, 0) is 36.4 Å². The molecule has 30 heavy (non-hydrogen) atoms. The van der Waals surface area contributed by atoms with Gasteiger partial charge in [-0.25, -0.2) is 0 Å². The van der Waals surface area contributed by atoms with Gasteiger partial charge in [-0.2, -0.15) is 0 Å². The van der Waals surface area contributed by atoms with Crippen molar-refractivity contribution < 1.29 is 18.7 Å². The fraction of sp³-hybridized carbons (Fsp3) is 0.381. The molecule has 1 aromatic heterocycles. The van der Waals surface area contributed by atoms with Crippen molar-refractivity contribution in [3.63, 3.8) is 0 Å². The number of furan rings is 1. The number of aliphatic imine (C=N–C) groups is 1. The van der Waals surface area contributed by atoms with E-state index >= 15 is 0 Å². The fourth-order valence-corrected chi connectivity index (χ4v) is 3.20. The van der Waals surface area contributed by atoms with Crippen molar-refractivity contribution in [3.05, 3.63) is 54.0 Å². The maximum Gasteiger partial charge on any atom is 0.289 e. The number of rotatable bonds is 6. The van der Waals surface area contributed by atoms with Crippen LogP contribution in [0.1, 0.15) is 20.9 Å². The Morgan fingerprint density at radius 3 is 2.30 bits per heavy atom. The van der Waals surface area contributed by atoms with Gasteiger partial charge in [0.1, 0.15) is 5.75 Å². The molecule has 0 bridgehead atoms. The van der Waals surface area contributed by atoms with E-state index in [-0.39, 0.29) is 11.8 Å². The summed E-state index contributed by atoms with van der Waals surface area (Å²) in [6, 6.07) is 10.3. The van der Waals surface area contributed by atoms with Gasteiger partial charge in [-0.15, -0.1) is 0 Å². The Morgan fingerprint density at radius 2 is 1.70 bits per heavy atom. The highest BCUT2D eigenvalue weighted by Gasteiger charge is 2.25. The lowest BCUT2D eigenvalue weighted by Crippen LogP contribution is -2.54. The molecule has 160 valence electrons. The fourth-order valence-electron chi connectivity index (χ4n) is 3.20. The van der Waals surface area contributed by atoms with Crippen LogP contribution in [0.2, 0.25) is 0 Å². The number of carbonyl (C=O) groups excluding carboxylic acids is 2. The number of carbonyl (C=O) groups is 2. The summed E-state index contributed by atoms with van der Waals surface area (Å²) in [7, 11) is 3.31. The van der Waals surface area contributed by atoms with E-state index in [2.05, 4.69) is 20.5 Å². The number of nitrogens with zero attached hydrogens (tertiary/aromatic N) is 3.